The molecule has 1 heterocycles. The van der Waals surface area contributed by atoms with E-state index in [2.05, 4.69) is 15.6 Å². The predicted molar refractivity (Wildman–Crippen MR) is 97.3 cm³/mol. The molecule has 2 aromatic carbocycles. The Morgan fingerprint density at radius 1 is 1.08 bits per heavy atom. The minimum absolute atomic E-state index is 0.195. The molecule has 0 saturated heterocycles. The molecule has 1 aromatic heterocycles. The number of hydrogen-bond donors (Lipinski definition) is 2. The van der Waals surface area contributed by atoms with Crippen LogP contribution in [0.15, 0.2) is 61.2 Å². The third kappa shape index (κ3) is 4.05. The summed E-state index contributed by atoms with van der Waals surface area (Å²) in [5.74, 6) is -0.488. The van der Waals surface area contributed by atoms with Crippen molar-refractivity contribution < 1.29 is 9.59 Å². The van der Waals surface area contributed by atoms with Gasteiger partial charge in [-0.15, -0.1) is 0 Å². The second kappa shape index (κ2) is 7.19. The van der Waals surface area contributed by atoms with Crippen molar-refractivity contribution >= 4 is 34.8 Å². The van der Waals surface area contributed by atoms with E-state index < -0.39 is 0 Å². The van der Waals surface area contributed by atoms with E-state index >= 15 is 0 Å². The second-order valence-electron chi connectivity index (χ2n) is 5.35. The molecule has 3 rings (SSSR count). The SMILES string of the molecule is CC(=O)Nc1cccc(C(=O)Nc2ccc(-n3ccnc3)c(Cl)c2)c1. The number of carbonyl (C=O) groups excluding carboxylic acids is 2. The van der Waals surface area contributed by atoms with E-state index in [1.54, 1.807) is 65.8 Å². The first-order chi connectivity index (χ1) is 12.0. The molecule has 0 bridgehead atoms. The Morgan fingerprint density at radius 3 is 2.56 bits per heavy atom. The van der Waals surface area contributed by atoms with Crippen molar-refractivity contribution in [1.82, 2.24) is 9.55 Å². The maximum absolute atomic E-state index is 12.4. The van der Waals surface area contributed by atoms with Crippen LogP contribution in [0.3, 0.4) is 0 Å². The highest BCUT2D eigenvalue weighted by Crippen LogP contribution is 2.24. The van der Waals surface area contributed by atoms with Crippen molar-refractivity contribution in [3.63, 3.8) is 0 Å². The Kier molecular flexibility index (Phi) is 4.81. The first-order valence-corrected chi connectivity index (χ1v) is 7.87. The molecule has 0 unspecified atom stereocenters. The summed E-state index contributed by atoms with van der Waals surface area (Å²) in [4.78, 5) is 27.5. The number of amides is 2. The molecule has 0 aliphatic carbocycles. The van der Waals surface area contributed by atoms with Crippen molar-refractivity contribution in [1.29, 1.82) is 0 Å². The highest BCUT2D eigenvalue weighted by Gasteiger charge is 2.09. The van der Waals surface area contributed by atoms with Gasteiger partial charge in [-0.2, -0.15) is 0 Å². The summed E-state index contributed by atoms with van der Waals surface area (Å²) in [5.41, 5.74) is 2.34. The lowest BCUT2D eigenvalue weighted by molar-refractivity contribution is -0.114. The van der Waals surface area contributed by atoms with Gasteiger partial charge in [-0.05, 0) is 36.4 Å². The van der Waals surface area contributed by atoms with Crippen LogP contribution in [0.4, 0.5) is 11.4 Å². The zero-order valence-electron chi connectivity index (χ0n) is 13.4. The second-order valence-corrected chi connectivity index (χ2v) is 5.76. The van der Waals surface area contributed by atoms with Crippen molar-refractivity contribution in [3.05, 3.63) is 71.8 Å². The molecular formula is C18H15ClN4O2. The third-order valence-electron chi connectivity index (χ3n) is 3.43. The average molecular weight is 355 g/mol. The predicted octanol–water partition coefficient (Wildman–Crippen LogP) is 3.74. The number of anilines is 2. The largest absolute Gasteiger partial charge is 0.326 e. The van der Waals surface area contributed by atoms with Gasteiger partial charge in [0, 0.05) is 36.3 Å². The fourth-order valence-electron chi connectivity index (χ4n) is 2.34. The Labute approximate surface area is 149 Å². The third-order valence-corrected chi connectivity index (χ3v) is 3.74. The fraction of sp³-hybridized carbons (Fsp3) is 0.0556. The lowest BCUT2D eigenvalue weighted by Gasteiger charge is -2.10. The van der Waals surface area contributed by atoms with Gasteiger partial charge in [-0.3, -0.25) is 9.59 Å². The number of hydrogen-bond acceptors (Lipinski definition) is 3. The van der Waals surface area contributed by atoms with E-state index in [1.165, 1.54) is 6.92 Å². The van der Waals surface area contributed by atoms with E-state index in [0.29, 0.717) is 22.0 Å². The fourth-order valence-corrected chi connectivity index (χ4v) is 2.62. The van der Waals surface area contributed by atoms with Gasteiger partial charge in [-0.1, -0.05) is 17.7 Å². The van der Waals surface area contributed by atoms with Crippen LogP contribution in [-0.4, -0.2) is 21.4 Å². The highest BCUT2D eigenvalue weighted by molar-refractivity contribution is 6.32. The summed E-state index contributed by atoms with van der Waals surface area (Å²) in [6.07, 6.45) is 5.09. The zero-order valence-corrected chi connectivity index (χ0v) is 14.1. The zero-order chi connectivity index (χ0) is 17.8. The number of aromatic nitrogens is 2. The van der Waals surface area contributed by atoms with E-state index in [4.69, 9.17) is 11.6 Å². The van der Waals surface area contributed by atoms with Crippen molar-refractivity contribution in [2.45, 2.75) is 6.92 Å². The van der Waals surface area contributed by atoms with Crippen molar-refractivity contribution in [2.24, 2.45) is 0 Å². The molecule has 2 amide bonds. The van der Waals surface area contributed by atoms with Crippen LogP contribution in [0.5, 0.6) is 0 Å². The van der Waals surface area contributed by atoms with Crippen LogP contribution in [0, 0.1) is 0 Å². The summed E-state index contributed by atoms with van der Waals surface area (Å²) < 4.78 is 1.78. The van der Waals surface area contributed by atoms with Gasteiger partial charge in [0.05, 0.1) is 17.0 Å². The first-order valence-electron chi connectivity index (χ1n) is 7.50. The summed E-state index contributed by atoms with van der Waals surface area (Å²) in [7, 11) is 0. The number of nitrogens with one attached hydrogen (secondary N) is 2. The van der Waals surface area contributed by atoms with Gasteiger partial charge >= 0.3 is 0 Å². The van der Waals surface area contributed by atoms with Crippen LogP contribution in [0.1, 0.15) is 17.3 Å². The lowest BCUT2D eigenvalue weighted by Crippen LogP contribution is -2.13. The maximum atomic E-state index is 12.4. The standard InChI is InChI=1S/C18H15ClN4O2/c1-12(24)21-14-4-2-3-13(9-14)18(25)22-15-5-6-17(16(19)10-15)23-8-7-20-11-23/h2-11H,1H3,(H,21,24)(H,22,25). The Bertz CT molecular complexity index is 923. The first kappa shape index (κ1) is 16.7. The average Bonchev–Trinajstić information content (AvgIpc) is 3.09. The van der Waals surface area contributed by atoms with Crippen molar-refractivity contribution in [3.8, 4) is 5.69 Å². The minimum atomic E-state index is -0.293. The summed E-state index contributed by atoms with van der Waals surface area (Å²) >= 11 is 6.29. The van der Waals surface area contributed by atoms with Gasteiger partial charge in [-0.25, -0.2) is 4.98 Å². The van der Waals surface area contributed by atoms with Crippen LogP contribution in [-0.2, 0) is 4.79 Å². The number of benzene rings is 2. The van der Waals surface area contributed by atoms with E-state index in [1.807, 2.05) is 0 Å². The lowest BCUT2D eigenvalue weighted by atomic mass is 10.1. The van der Waals surface area contributed by atoms with Gasteiger partial charge in [0.1, 0.15) is 0 Å². The molecule has 7 heteroatoms. The minimum Gasteiger partial charge on any atom is -0.326 e. The highest BCUT2D eigenvalue weighted by atomic mass is 35.5. The molecule has 0 saturated carbocycles. The summed E-state index contributed by atoms with van der Waals surface area (Å²) in [6.45, 7) is 1.41. The molecule has 0 radical (unpaired) electrons. The number of halogens is 1. The van der Waals surface area contributed by atoms with Gasteiger partial charge < -0.3 is 15.2 Å². The van der Waals surface area contributed by atoms with Crippen LogP contribution < -0.4 is 10.6 Å². The normalized spacial score (nSPS) is 10.3. The summed E-state index contributed by atoms with van der Waals surface area (Å²) in [6, 6.07) is 11.9. The molecule has 3 aromatic rings. The number of imidazole rings is 1. The summed E-state index contributed by atoms with van der Waals surface area (Å²) in [5, 5.41) is 5.93. The van der Waals surface area contributed by atoms with Crippen molar-refractivity contribution in [2.75, 3.05) is 10.6 Å². The molecule has 126 valence electrons. The Morgan fingerprint density at radius 2 is 1.88 bits per heavy atom. The number of carbonyl (C=O) groups is 2. The molecule has 0 aliphatic heterocycles. The van der Waals surface area contributed by atoms with Crippen LogP contribution >= 0.6 is 11.6 Å². The van der Waals surface area contributed by atoms with Crippen LogP contribution in [0.25, 0.3) is 5.69 Å². The molecular weight excluding hydrogens is 340 g/mol. The Hall–Kier alpha value is -3.12. The molecule has 2 N–H and O–H groups in total. The van der Waals surface area contributed by atoms with E-state index in [0.717, 1.165) is 5.69 Å². The van der Waals surface area contributed by atoms with Gasteiger partial charge in [0.15, 0.2) is 0 Å². The van der Waals surface area contributed by atoms with Gasteiger partial charge in [0.25, 0.3) is 5.91 Å². The van der Waals surface area contributed by atoms with E-state index in [9.17, 15) is 9.59 Å². The molecule has 0 fully saturated rings. The topological polar surface area (TPSA) is 76.0 Å². The number of rotatable bonds is 4. The quantitative estimate of drug-likeness (QED) is 0.749. The van der Waals surface area contributed by atoms with Crippen LogP contribution in [0.2, 0.25) is 5.02 Å². The maximum Gasteiger partial charge on any atom is 0.255 e. The van der Waals surface area contributed by atoms with E-state index in [-0.39, 0.29) is 11.8 Å². The monoisotopic (exact) mass is 354 g/mol. The molecule has 25 heavy (non-hydrogen) atoms. The Balaban J connectivity index is 1.77. The molecule has 0 spiro atoms. The number of nitrogens with zero attached hydrogens (tertiary/aromatic N) is 2. The molecule has 0 atom stereocenters. The smallest absolute Gasteiger partial charge is 0.255 e. The van der Waals surface area contributed by atoms with Gasteiger partial charge in [0.2, 0.25) is 5.91 Å². The molecule has 6 nitrogen and oxygen atoms in total. The molecule has 0 aliphatic rings.